The number of piperidine rings is 1. The minimum absolute atomic E-state index is 0.185. The topological polar surface area (TPSA) is 73.6 Å². The van der Waals surface area contributed by atoms with E-state index in [4.69, 9.17) is 14.2 Å². The van der Waals surface area contributed by atoms with E-state index in [1.165, 1.54) is 32.4 Å². The first-order chi connectivity index (χ1) is 12.3. The van der Waals surface area contributed by atoms with Crippen molar-refractivity contribution in [3.63, 3.8) is 0 Å². The van der Waals surface area contributed by atoms with Gasteiger partial charge in [-0.3, -0.25) is 10.1 Å². The molecule has 0 aromatic heterocycles. The molecule has 0 saturated carbocycles. The third kappa shape index (κ3) is 4.85. The zero-order valence-electron chi connectivity index (χ0n) is 14.7. The number of aliphatic imine (C=N–C) groups is 1. The minimum Gasteiger partial charge on any atom is -0.465 e. The Balaban J connectivity index is 1.56. The van der Waals surface area contributed by atoms with Crippen LogP contribution in [0.15, 0.2) is 23.2 Å². The van der Waals surface area contributed by atoms with Gasteiger partial charge in [-0.05, 0) is 44.4 Å². The number of likely N-dealkylation sites (tertiary alicyclic amines) is 1. The van der Waals surface area contributed by atoms with E-state index >= 15 is 0 Å². The molecule has 2 N–H and O–H groups in total. The van der Waals surface area contributed by atoms with Crippen LogP contribution in [0, 0.1) is 0 Å². The quantitative estimate of drug-likeness (QED) is 0.604. The zero-order chi connectivity index (χ0) is 17.5. The van der Waals surface area contributed by atoms with Crippen LogP contribution < -0.4 is 19.7 Å². The molecule has 1 fully saturated rings. The standard InChI is InChI=1S/C18H25N3O4/c1-2-23-18(19-8-11-21-9-4-3-5-10-21)20-17(22)14-6-7-15-16(12-14)25-13-24-15/h6-7,12H,2-5,8-11,13H2,1H3,(H,19,20,22)/p+1. The molecule has 1 amide bonds. The van der Waals surface area contributed by atoms with Crippen molar-refractivity contribution in [2.45, 2.75) is 26.2 Å². The number of nitrogens with zero attached hydrogens (tertiary/aromatic N) is 1. The number of ether oxygens (including phenoxy) is 3. The summed E-state index contributed by atoms with van der Waals surface area (Å²) in [5.74, 6) is 0.965. The van der Waals surface area contributed by atoms with Crippen molar-refractivity contribution in [2.75, 3.05) is 39.6 Å². The summed E-state index contributed by atoms with van der Waals surface area (Å²) >= 11 is 0. The molecule has 136 valence electrons. The lowest BCUT2D eigenvalue weighted by Gasteiger charge is -2.22. The Bertz CT molecular complexity index is 627. The van der Waals surface area contributed by atoms with Crippen LogP contribution in [0.2, 0.25) is 0 Å². The van der Waals surface area contributed by atoms with Gasteiger partial charge in [0.15, 0.2) is 11.5 Å². The van der Waals surface area contributed by atoms with Crippen molar-refractivity contribution >= 4 is 11.9 Å². The van der Waals surface area contributed by atoms with E-state index in [1.54, 1.807) is 23.1 Å². The second-order valence-electron chi connectivity index (χ2n) is 6.20. The van der Waals surface area contributed by atoms with Gasteiger partial charge in [-0.2, -0.15) is 0 Å². The van der Waals surface area contributed by atoms with E-state index in [0.29, 0.717) is 30.2 Å². The van der Waals surface area contributed by atoms with E-state index < -0.39 is 0 Å². The molecule has 2 heterocycles. The fourth-order valence-electron chi connectivity index (χ4n) is 3.08. The summed E-state index contributed by atoms with van der Waals surface area (Å²) in [6.45, 7) is 6.55. The number of amides is 1. The summed E-state index contributed by atoms with van der Waals surface area (Å²) in [5.41, 5.74) is 0.485. The first kappa shape index (κ1) is 17.5. The van der Waals surface area contributed by atoms with Crippen LogP contribution in [-0.4, -0.2) is 51.5 Å². The highest BCUT2D eigenvalue weighted by molar-refractivity contribution is 6.04. The summed E-state index contributed by atoms with van der Waals surface area (Å²) in [5, 5.41) is 2.75. The molecule has 0 spiro atoms. The lowest BCUT2D eigenvalue weighted by atomic mass is 10.1. The average molecular weight is 348 g/mol. The molecule has 7 heteroatoms. The molecule has 3 rings (SSSR count). The number of hydrogen-bond acceptors (Lipinski definition) is 5. The lowest BCUT2D eigenvalue weighted by Crippen LogP contribution is -3.13. The van der Waals surface area contributed by atoms with E-state index in [1.807, 2.05) is 6.92 Å². The zero-order valence-corrected chi connectivity index (χ0v) is 14.7. The summed E-state index contributed by atoms with van der Waals surface area (Å²) in [4.78, 5) is 18.4. The number of quaternary nitrogens is 1. The van der Waals surface area contributed by atoms with Crippen molar-refractivity contribution in [1.29, 1.82) is 0 Å². The monoisotopic (exact) mass is 348 g/mol. The molecule has 2 aliphatic heterocycles. The van der Waals surface area contributed by atoms with Crippen LogP contribution in [0.25, 0.3) is 0 Å². The summed E-state index contributed by atoms with van der Waals surface area (Å²) in [7, 11) is 0. The fourth-order valence-corrected chi connectivity index (χ4v) is 3.08. The second kappa shape index (κ2) is 8.71. The molecular weight excluding hydrogens is 322 g/mol. The van der Waals surface area contributed by atoms with E-state index in [2.05, 4.69) is 10.3 Å². The van der Waals surface area contributed by atoms with Gasteiger partial charge in [0, 0.05) is 5.56 Å². The molecule has 0 radical (unpaired) electrons. The van der Waals surface area contributed by atoms with Gasteiger partial charge >= 0.3 is 0 Å². The smallest absolute Gasteiger partial charge is 0.291 e. The van der Waals surface area contributed by atoms with Crippen molar-refractivity contribution in [2.24, 2.45) is 4.99 Å². The normalized spacial score (nSPS) is 17.4. The predicted molar refractivity (Wildman–Crippen MR) is 93.4 cm³/mol. The number of hydrogen-bond donors (Lipinski definition) is 2. The molecule has 1 aromatic rings. The summed E-state index contributed by atoms with van der Waals surface area (Å²) < 4.78 is 16.0. The minimum atomic E-state index is -0.268. The lowest BCUT2D eigenvalue weighted by molar-refractivity contribution is -0.903. The number of nitrogens with one attached hydrogen (secondary N) is 2. The maximum atomic E-state index is 12.4. The Labute approximate surface area is 148 Å². The highest BCUT2D eigenvalue weighted by atomic mass is 16.7. The van der Waals surface area contributed by atoms with Crippen LogP contribution >= 0.6 is 0 Å². The van der Waals surface area contributed by atoms with E-state index in [9.17, 15) is 4.79 Å². The van der Waals surface area contributed by atoms with Crippen molar-refractivity contribution in [3.05, 3.63) is 23.8 Å². The Morgan fingerprint density at radius 2 is 2.04 bits per heavy atom. The molecule has 0 aliphatic carbocycles. The van der Waals surface area contributed by atoms with Gasteiger partial charge in [-0.15, -0.1) is 0 Å². The SMILES string of the molecule is CCOC(=NCC[NH+]1CCCCC1)NC(=O)c1ccc2c(c1)OCO2. The first-order valence-electron chi connectivity index (χ1n) is 8.98. The molecule has 0 bridgehead atoms. The van der Waals surface area contributed by atoms with Gasteiger partial charge < -0.3 is 19.1 Å². The van der Waals surface area contributed by atoms with Crippen LogP contribution in [0.1, 0.15) is 36.5 Å². The molecule has 0 unspecified atom stereocenters. The summed E-state index contributed by atoms with van der Waals surface area (Å²) in [6.07, 6.45) is 3.92. The highest BCUT2D eigenvalue weighted by Crippen LogP contribution is 2.32. The average Bonchev–Trinajstić information content (AvgIpc) is 3.10. The number of amidine groups is 1. The Hall–Kier alpha value is -2.28. The molecule has 2 aliphatic rings. The van der Waals surface area contributed by atoms with E-state index in [0.717, 1.165) is 6.54 Å². The third-order valence-corrected chi connectivity index (χ3v) is 4.42. The van der Waals surface area contributed by atoms with Gasteiger partial charge in [-0.25, -0.2) is 4.99 Å². The number of fused-ring (bicyclic) bond motifs is 1. The molecule has 1 aromatic carbocycles. The largest absolute Gasteiger partial charge is 0.465 e. The maximum absolute atomic E-state index is 12.4. The molecule has 0 atom stereocenters. The molecule has 25 heavy (non-hydrogen) atoms. The van der Waals surface area contributed by atoms with Crippen molar-refractivity contribution in [3.8, 4) is 11.5 Å². The van der Waals surface area contributed by atoms with Crippen molar-refractivity contribution in [1.82, 2.24) is 5.32 Å². The van der Waals surface area contributed by atoms with Gasteiger partial charge in [0.05, 0.1) is 32.8 Å². The van der Waals surface area contributed by atoms with Crippen LogP contribution in [0.3, 0.4) is 0 Å². The Kier molecular flexibility index (Phi) is 6.11. The number of rotatable bonds is 5. The van der Waals surface area contributed by atoms with Crippen molar-refractivity contribution < 1.29 is 23.9 Å². The first-order valence-corrected chi connectivity index (χ1v) is 8.98. The number of carbonyl (C=O) groups is 1. The molecule has 1 saturated heterocycles. The highest BCUT2D eigenvalue weighted by Gasteiger charge is 2.18. The van der Waals surface area contributed by atoms with Crippen LogP contribution in [0.5, 0.6) is 11.5 Å². The van der Waals surface area contributed by atoms with Gasteiger partial charge in [-0.1, -0.05) is 0 Å². The predicted octanol–water partition coefficient (Wildman–Crippen LogP) is 0.606. The van der Waals surface area contributed by atoms with Gasteiger partial charge in [0.2, 0.25) is 6.79 Å². The molecular formula is C18H26N3O4+. The molecule has 7 nitrogen and oxygen atoms in total. The van der Waals surface area contributed by atoms with E-state index in [-0.39, 0.29) is 18.7 Å². The van der Waals surface area contributed by atoms with Gasteiger partial charge in [0.25, 0.3) is 11.9 Å². The van der Waals surface area contributed by atoms with Gasteiger partial charge in [0.1, 0.15) is 0 Å². The Morgan fingerprint density at radius 1 is 1.24 bits per heavy atom. The fraction of sp³-hybridized carbons (Fsp3) is 0.556. The third-order valence-electron chi connectivity index (χ3n) is 4.42. The summed E-state index contributed by atoms with van der Waals surface area (Å²) in [6, 6.07) is 5.37. The van der Waals surface area contributed by atoms with Crippen LogP contribution in [0.4, 0.5) is 0 Å². The second-order valence-corrected chi connectivity index (χ2v) is 6.20. The Morgan fingerprint density at radius 3 is 2.84 bits per heavy atom. The number of benzene rings is 1. The van der Waals surface area contributed by atoms with Crippen LogP contribution in [-0.2, 0) is 4.74 Å². The maximum Gasteiger partial charge on any atom is 0.291 e. The number of carbonyl (C=O) groups excluding carboxylic acids is 1.